The van der Waals surface area contributed by atoms with E-state index in [9.17, 15) is 18.0 Å². The summed E-state index contributed by atoms with van der Waals surface area (Å²) in [6, 6.07) is 17.5. The Bertz CT molecular complexity index is 1100. The monoisotopic (exact) mass is 483 g/mol. The third kappa shape index (κ3) is 6.39. The van der Waals surface area contributed by atoms with Crippen molar-refractivity contribution in [2.75, 3.05) is 19.7 Å². The molecule has 0 radical (unpaired) electrons. The van der Waals surface area contributed by atoms with Crippen LogP contribution in [0.3, 0.4) is 0 Å². The Labute approximate surface area is 202 Å². The van der Waals surface area contributed by atoms with Gasteiger partial charge in [-0.15, -0.1) is 0 Å². The number of aromatic nitrogens is 1. The zero-order valence-electron chi connectivity index (χ0n) is 19.2. The molecule has 1 amide bonds. The van der Waals surface area contributed by atoms with Crippen molar-refractivity contribution < 1.29 is 22.7 Å². The smallest absolute Gasteiger partial charge is 0.417 e. The molecule has 1 unspecified atom stereocenters. The number of hydrogen-bond acceptors (Lipinski definition) is 4. The number of ether oxygens (including phenoxy) is 1. The average Bonchev–Trinajstić information content (AvgIpc) is 2.88. The molecule has 1 aliphatic heterocycles. The highest BCUT2D eigenvalue weighted by molar-refractivity contribution is 5.79. The summed E-state index contributed by atoms with van der Waals surface area (Å²) in [6.45, 7) is 1.57. The zero-order chi connectivity index (χ0) is 24.7. The number of benzene rings is 2. The van der Waals surface area contributed by atoms with Gasteiger partial charge in [0.2, 0.25) is 5.91 Å². The third-order valence-electron chi connectivity index (χ3n) is 6.14. The predicted octanol–water partition coefficient (Wildman–Crippen LogP) is 5.39. The summed E-state index contributed by atoms with van der Waals surface area (Å²) in [5.41, 5.74) is -0.556. The SMILES string of the molecule is O=C(NC(CCOc1ccccc1)c1cccc(-c2ccccn2)c1C(F)(F)F)C1CCNCC1. The van der Waals surface area contributed by atoms with Crippen LogP contribution in [-0.2, 0) is 11.0 Å². The first kappa shape index (κ1) is 24.7. The molecule has 1 aliphatic rings. The highest BCUT2D eigenvalue weighted by atomic mass is 19.4. The van der Waals surface area contributed by atoms with Gasteiger partial charge in [-0.3, -0.25) is 9.78 Å². The summed E-state index contributed by atoms with van der Waals surface area (Å²) in [7, 11) is 0. The Hall–Kier alpha value is -3.39. The van der Waals surface area contributed by atoms with Crippen LogP contribution < -0.4 is 15.4 Å². The lowest BCUT2D eigenvalue weighted by Crippen LogP contribution is -2.40. The molecule has 2 N–H and O–H groups in total. The van der Waals surface area contributed by atoms with Gasteiger partial charge in [-0.1, -0.05) is 42.5 Å². The van der Waals surface area contributed by atoms with Gasteiger partial charge in [-0.05, 0) is 55.8 Å². The Morgan fingerprint density at radius 3 is 2.46 bits per heavy atom. The number of alkyl halides is 3. The van der Waals surface area contributed by atoms with Crippen LogP contribution in [0.4, 0.5) is 13.2 Å². The molecule has 5 nitrogen and oxygen atoms in total. The lowest BCUT2D eigenvalue weighted by Gasteiger charge is -2.28. The van der Waals surface area contributed by atoms with Crippen molar-refractivity contribution in [1.82, 2.24) is 15.6 Å². The fourth-order valence-corrected chi connectivity index (χ4v) is 4.40. The molecule has 2 heterocycles. The van der Waals surface area contributed by atoms with Crippen molar-refractivity contribution in [1.29, 1.82) is 0 Å². The highest BCUT2D eigenvalue weighted by Gasteiger charge is 2.39. The Balaban J connectivity index is 1.67. The molecule has 0 saturated carbocycles. The van der Waals surface area contributed by atoms with E-state index in [4.69, 9.17) is 4.74 Å². The minimum absolute atomic E-state index is 0.0132. The number of halogens is 3. The topological polar surface area (TPSA) is 63.2 Å². The first-order valence-corrected chi connectivity index (χ1v) is 11.7. The van der Waals surface area contributed by atoms with E-state index < -0.39 is 17.8 Å². The summed E-state index contributed by atoms with van der Waals surface area (Å²) in [5.74, 6) is 0.156. The van der Waals surface area contributed by atoms with Crippen molar-refractivity contribution in [3.05, 3.63) is 84.1 Å². The summed E-state index contributed by atoms with van der Waals surface area (Å²) >= 11 is 0. The van der Waals surface area contributed by atoms with E-state index >= 15 is 0 Å². The molecule has 35 heavy (non-hydrogen) atoms. The summed E-state index contributed by atoms with van der Waals surface area (Å²) in [4.78, 5) is 17.2. The fourth-order valence-electron chi connectivity index (χ4n) is 4.40. The second-order valence-corrected chi connectivity index (χ2v) is 8.52. The van der Waals surface area contributed by atoms with Gasteiger partial charge >= 0.3 is 6.18 Å². The van der Waals surface area contributed by atoms with Crippen molar-refractivity contribution in [2.24, 2.45) is 5.92 Å². The van der Waals surface area contributed by atoms with Gasteiger partial charge in [0.15, 0.2) is 0 Å². The molecule has 1 aromatic heterocycles. The van der Waals surface area contributed by atoms with Crippen molar-refractivity contribution >= 4 is 5.91 Å². The maximum atomic E-state index is 14.5. The van der Waals surface area contributed by atoms with Crippen molar-refractivity contribution in [3.8, 4) is 17.0 Å². The summed E-state index contributed by atoms with van der Waals surface area (Å²) in [6.07, 6.45) is -1.69. The molecular formula is C27H28F3N3O2. The minimum Gasteiger partial charge on any atom is -0.494 e. The summed E-state index contributed by atoms with van der Waals surface area (Å²) in [5, 5.41) is 6.12. The van der Waals surface area contributed by atoms with E-state index in [2.05, 4.69) is 15.6 Å². The number of nitrogens with zero attached hydrogens (tertiary/aromatic N) is 1. The number of pyridine rings is 1. The Morgan fingerprint density at radius 1 is 1.03 bits per heavy atom. The molecule has 0 spiro atoms. The van der Waals surface area contributed by atoms with E-state index in [1.807, 2.05) is 18.2 Å². The molecule has 0 aliphatic carbocycles. The van der Waals surface area contributed by atoms with Crippen LogP contribution in [-0.4, -0.2) is 30.6 Å². The average molecular weight is 484 g/mol. The van der Waals surface area contributed by atoms with E-state index in [1.54, 1.807) is 36.4 Å². The molecule has 3 aromatic rings. The third-order valence-corrected chi connectivity index (χ3v) is 6.14. The molecule has 1 saturated heterocycles. The Kier molecular flexibility index (Phi) is 8.02. The number of para-hydroxylation sites is 1. The molecule has 1 atom stereocenters. The predicted molar refractivity (Wildman–Crippen MR) is 128 cm³/mol. The number of amides is 1. The fraction of sp³-hybridized carbons (Fsp3) is 0.333. The van der Waals surface area contributed by atoms with Crippen LogP contribution in [0, 0.1) is 5.92 Å². The maximum absolute atomic E-state index is 14.5. The zero-order valence-corrected chi connectivity index (χ0v) is 19.2. The van der Waals surface area contributed by atoms with Crippen LogP contribution in [0.2, 0.25) is 0 Å². The second kappa shape index (κ2) is 11.4. The standard InChI is InChI=1S/C27H28F3N3O2/c28-27(29,30)25-21(23-11-4-5-15-32-23)9-6-10-22(25)24(14-18-35-20-7-2-1-3-8-20)33-26(34)19-12-16-31-17-13-19/h1-11,15,19,24,31H,12-14,16-18H2,(H,33,34). The van der Waals surface area contributed by atoms with Crippen molar-refractivity contribution in [3.63, 3.8) is 0 Å². The molecule has 4 rings (SSSR count). The molecule has 2 aromatic carbocycles. The van der Waals surface area contributed by atoms with Crippen LogP contribution in [0.25, 0.3) is 11.3 Å². The molecule has 184 valence electrons. The molecule has 0 bridgehead atoms. The lowest BCUT2D eigenvalue weighted by atomic mass is 9.90. The second-order valence-electron chi connectivity index (χ2n) is 8.52. The molecule has 1 fully saturated rings. The van der Waals surface area contributed by atoms with E-state index in [1.165, 1.54) is 18.3 Å². The van der Waals surface area contributed by atoms with Crippen LogP contribution in [0.15, 0.2) is 72.9 Å². The molecular weight excluding hydrogens is 455 g/mol. The quantitative estimate of drug-likeness (QED) is 0.451. The van der Waals surface area contributed by atoms with E-state index in [0.29, 0.717) is 31.7 Å². The summed E-state index contributed by atoms with van der Waals surface area (Å²) < 4.78 is 49.1. The van der Waals surface area contributed by atoms with Crippen LogP contribution in [0.5, 0.6) is 5.75 Å². The number of carbonyl (C=O) groups excluding carboxylic acids is 1. The van der Waals surface area contributed by atoms with Crippen LogP contribution >= 0.6 is 0 Å². The van der Waals surface area contributed by atoms with Gasteiger partial charge in [-0.2, -0.15) is 13.2 Å². The van der Waals surface area contributed by atoms with Gasteiger partial charge in [0.05, 0.1) is 23.9 Å². The van der Waals surface area contributed by atoms with Crippen LogP contribution in [0.1, 0.15) is 36.4 Å². The van der Waals surface area contributed by atoms with Gasteiger partial charge in [0, 0.05) is 24.1 Å². The first-order valence-electron chi connectivity index (χ1n) is 11.7. The highest BCUT2D eigenvalue weighted by Crippen LogP contribution is 2.41. The largest absolute Gasteiger partial charge is 0.494 e. The maximum Gasteiger partial charge on any atom is 0.417 e. The number of rotatable bonds is 8. The number of carbonyl (C=O) groups is 1. The number of nitrogens with one attached hydrogen (secondary N) is 2. The lowest BCUT2D eigenvalue weighted by molar-refractivity contribution is -0.138. The minimum atomic E-state index is -4.64. The van der Waals surface area contributed by atoms with Crippen molar-refractivity contribution in [2.45, 2.75) is 31.5 Å². The van der Waals surface area contributed by atoms with E-state index in [0.717, 1.165) is 0 Å². The molecule has 8 heteroatoms. The normalized spacial score (nSPS) is 15.4. The van der Waals surface area contributed by atoms with Gasteiger partial charge in [-0.25, -0.2) is 0 Å². The van der Waals surface area contributed by atoms with Gasteiger partial charge in [0.25, 0.3) is 0 Å². The van der Waals surface area contributed by atoms with Gasteiger partial charge in [0.1, 0.15) is 5.75 Å². The van der Waals surface area contributed by atoms with E-state index in [-0.39, 0.29) is 41.7 Å². The number of piperidine rings is 1. The first-order chi connectivity index (χ1) is 16.9. The Morgan fingerprint density at radius 2 is 1.77 bits per heavy atom. The number of hydrogen-bond donors (Lipinski definition) is 2. The van der Waals surface area contributed by atoms with Gasteiger partial charge < -0.3 is 15.4 Å².